The molecule has 1 amide bonds. The first kappa shape index (κ1) is 27.5. The zero-order chi connectivity index (χ0) is 28.1. The maximum Gasteiger partial charge on any atom is 0.407 e. The molecule has 0 spiro atoms. The van der Waals surface area contributed by atoms with Gasteiger partial charge in [-0.2, -0.15) is 0 Å². The van der Waals surface area contributed by atoms with Gasteiger partial charge in [-0.3, -0.25) is 0 Å². The lowest BCUT2D eigenvalue weighted by Crippen LogP contribution is -2.40. The lowest BCUT2D eigenvalue weighted by Gasteiger charge is -2.22. The van der Waals surface area contributed by atoms with E-state index in [2.05, 4.69) is 15.2 Å². The Kier molecular flexibility index (Phi) is 8.21. The lowest BCUT2D eigenvalue weighted by molar-refractivity contribution is 0.0505. The fourth-order valence-corrected chi connectivity index (χ4v) is 4.53. The molecule has 1 N–H and O–H groups in total. The summed E-state index contributed by atoms with van der Waals surface area (Å²) in [5, 5.41) is 2.96. The van der Waals surface area contributed by atoms with E-state index in [1.807, 2.05) is 45.0 Å². The van der Waals surface area contributed by atoms with E-state index in [1.54, 1.807) is 30.3 Å². The largest absolute Gasteiger partial charge is 0.494 e. The minimum atomic E-state index is -0.493. The van der Waals surface area contributed by atoms with Gasteiger partial charge in [0.1, 0.15) is 34.2 Å². The Hall–Kier alpha value is -4.11. The standard InChI is InChI=1S/C31H34FN3O5/c1-31(2,3)40-30(36)33-23-15-17-35(20-23)16-4-18-37-24-9-5-21(6-10-24)29-34-27-19-26(13-14-28(27)39-29)38-25-11-7-22(32)8-12-25/h5-14,19,23H,4,15-18,20H2,1-3H3,(H,33,36)/t23-/m0/s1. The smallest absolute Gasteiger partial charge is 0.407 e. The number of carbonyl (C=O) groups is 1. The molecule has 210 valence electrons. The van der Waals surface area contributed by atoms with E-state index in [0.29, 0.717) is 35.1 Å². The van der Waals surface area contributed by atoms with Crippen molar-refractivity contribution in [2.24, 2.45) is 0 Å². The molecule has 4 aromatic rings. The van der Waals surface area contributed by atoms with Crippen molar-refractivity contribution in [3.05, 3.63) is 72.5 Å². The number of nitrogens with zero attached hydrogens (tertiary/aromatic N) is 2. The van der Waals surface area contributed by atoms with Crippen LogP contribution in [0.3, 0.4) is 0 Å². The number of likely N-dealkylation sites (tertiary alicyclic amines) is 1. The molecule has 5 rings (SSSR count). The highest BCUT2D eigenvalue weighted by molar-refractivity contribution is 5.78. The molecule has 8 nitrogen and oxygen atoms in total. The van der Waals surface area contributed by atoms with Crippen LogP contribution >= 0.6 is 0 Å². The summed E-state index contributed by atoms with van der Waals surface area (Å²) < 4.78 is 36.1. The Morgan fingerprint density at radius 3 is 2.52 bits per heavy atom. The zero-order valence-electron chi connectivity index (χ0n) is 23.0. The number of rotatable bonds is 9. The summed E-state index contributed by atoms with van der Waals surface area (Å²) in [5.41, 5.74) is 1.66. The Morgan fingerprint density at radius 1 is 1.05 bits per heavy atom. The number of hydrogen-bond acceptors (Lipinski definition) is 7. The van der Waals surface area contributed by atoms with Crippen molar-refractivity contribution in [3.8, 4) is 28.7 Å². The second-order valence-electron chi connectivity index (χ2n) is 10.9. The van der Waals surface area contributed by atoms with Crippen molar-refractivity contribution in [2.45, 2.75) is 45.3 Å². The number of fused-ring (bicyclic) bond motifs is 1. The number of aromatic nitrogens is 1. The van der Waals surface area contributed by atoms with E-state index >= 15 is 0 Å². The third-order valence-corrected chi connectivity index (χ3v) is 6.39. The van der Waals surface area contributed by atoms with Crippen LogP contribution in [0.2, 0.25) is 0 Å². The number of hydrogen-bond donors (Lipinski definition) is 1. The molecule has 40 heavy (non-hydrogen) atoms. The van der Waals surface area contributed by atoms with Gasteiger partial charge in [0.2, 0.25) is 5.89 Å². The molecular weight excluding hydrogens is 513 g/mol. The lowest BCUT2D eigenvalue weighted by atomic mass is 10.2. The van der Waals surface area contributed by atoms with Gasteiger partial charge < -0.3 is 28.8 Å². The topological polar surface area (TPSA) is 86.1 Å². The van der Waals surface area contributed by atoms with E-state index in [-0.39, 0.29) is 18.0 Å². The summed E-state index contributed by atoms with van der Waals surface area (Å²) in [4.78, 5) is 18.9. The Balaban J connectivity index is 1.07. The summed E-state index contributed by atoms with van der Waals surface area (Å²) in [6.45, 7) is 8.85. The quantitative estimate of drug-likeness (QED) is 0.231. The van der Waals surface area contributed by atoms with Crippen LogP contribution in [0.4, 0.5) is 9.18 Å². The highest BCUT2D eigenvalue weighted by atomic mass is 19.1. The van der Waals surface area contributed by atoms with Gasteiger partial charge in [-0.1, -0.05) is 0 Å². The fourth-order valence-electron chi connectivity index (χ4n) is 4.53. The van der Waals surface area contributed by atoms with Crippen LogP contribution in [-0.4, -0.2) is 53.9 Å². The Morgan fingerprint density at radius 2 is 1.77 bits per heavy atom. The minimum absolute atomic E-state index is 0.115. The van der Waals surface area contributed by atoms with Gasteiger partial charge in [-0.25, -0.2) is 14.2 Å². The van der Waals surface area contributed by atoms with Gasteiger partial charge in [-0.05, 0) is 94.3 Å². The Bertz CT molecular complexity index is 1430. The monoisotopic (exact) mass is 547 g/mol. The number of oxazole rings is 1. The molecule has 1 fully saturated rings. The van der Waals surface area contributed by atoms with Crippen LogP contribution in [-0.2, 0) is 4.74 Å². The first-order valence-corrected chi connectivity index (χ1v) is 13.5. The van der Waals surface area contributed by atoms with Gasteiger partial charge in [0.25, 0.3) is 0 Å². The summed E-state index contributed by atoms with van der Waals surface area (Å²) in [5.74, 6) is 2.10. The zero-order valence-corrected chi connectivity index (χ0v) is 23.0. The van der Waals surface area contributed by atoms with Crippen LogP contribution in [0.1, 0.15) is 33.6 Å². The molecule has 2 heterocycles. The highest BCUT2D eigenvalue weighted by Gasteiger charge is 2.25. The third-order valence-electron chi connectivity index (χ3n) is 6.39. The maximum atomic E-state index is 13.1. The number of benzene rings is 3. The highest BCUT2D eigenvalue weighted by Crippen LogP contribution is 2.30. The van der Waals surface area contributed by atoms with E-state index in [0.717, 1.165) is 43.8 Å². The molecule has 3 aromatic carbocycles. The fraction of sp³-hybridized carbons (Fsp3) is 0.355. The molecule has 1 aliphatic rings. The molecule has 1 saturated heterocycles. The summed E-state index contributed by atoms with van der Waals surface area (Å²) in [7, 11) is 0. The molecule has 0 unspecified atom stereocenters. The van der Waals surface area contributed by atoms with Crippen LogP contribution < -0.4 is 14.8 Å². The Labute approximate surface area is 233 Å². The molecular formula is C31H34FN3O5. The summed E-state index contributed by atoms with van der Waals surface area (Å²) in [6.07, 6.45) is 1.44. The molecule has 0 radical (unpaired) electrons. The van der Waals surface area contributed by atoms with Gasteiger partial charge in [0, 0.05) is 37.3 Å². The van der Waals surface area contributed by atoms with Crippen molar-refractivity contribution in [1.82, 2.24) is 15.2 Å². The van der Waals surface area contributed by atoms with E-state index in [9.17, 15) is 9.18 Å². The SMILES string of the molecule is CC(C)(C)OC(=O)N[C@H]1CCN(CCCOc2ccc(-c3nc4cc(Oc5ccc(F)cc5)ccc4o3)cc2)C1. The predicted octanol–water partition coefficient (Wildman–Crippen LogP) is 6.79. The second-order valence-corrected chi connectivity index (χ2v) is 10.9. The molecule has 0 saturated carbocycles. The number of nitrogens with one attached hydrogen (secondary N) is 1. The minimum Gasteiger partial charge on any atom is -0.494 e. The number of carbonyl (C=O) groups excluding carboxylic acids is 1. The van der Waals surface area contributed by atoms with Gasteiger partial charge in [-0.15, -0.1) is 0 Å². The van der Waals surface area contributed by atoms with Crippen molar-refractivity contribution in [3.63, 3.8) is 0 Å². The molecule has 1 atom stereocenters. The first-order valence-electron chi connectivity index (χ1n) is 13.5. The van der Waals surface area contributed by atoms with E-state index in [4.69, 9.17) is 18.6 Å². The maximum absolute atomic E-state index is 13.1. The normalized spacial score (nSPS) is 15.8. The molecule has 0 bridgehead atoms. The average molecular weight is 548 g/mol. The summed E-state index contributed by atoms with van der Waals surface area (Å²) >= 11 is 0. The number of amides is 1. The molecule has 0 aliphatic carbocycles. The van der Waals surface area contributed by atoms with Gasteiger partial charge in [0.05, 0.1) is 6.61 Å². The van der Waals surface area contributed by atoms with Crippen LogP contribution in [0.5, 0.6) is 17.2 Å². The van der Waals surface area contributed by atoms with Crippen LogP contribution in [0.25, 0.3) is 22.6 Å². The van der Waals surface area contributed by atoms with Crippen molar-refractivity contribution < 1.29 is 27.8 Å². The molecule has 1 aromatic heterocycles. The number of alkyl carbamates (subject to hydrolysis) is 1. The van der Waals surface area contributed by atoms with Crippen LogP contribution in [0, 0.1) is 5.82 Å². The van der Waals surface area contributed by atoms with Crippen molar-refractivity contribution >= 4 is 17.2 Å². The predicted molar refractivity (Wildman–Crippen MR) is 150 cm³/mol. The number of halogens is 1. The second kappa shape index (κ2) is 12.0. The molecule has 9 heteroatoms. The first-order chi connectivity index (χ1) is 19.2. The number of ether oxygens (including phenoxy) is 3. The molecule has 1 aliphatic heterocycles. The van der Waals surface area contributed by atoms with Crippen molar-refractivity contribution in [1.29, 1.82) is 0 Å². The van der Waals surface area contributed by atoms with Gasteiger partial charge in [0.15, 0.2) is 5.58 Å². The van der Waals surface area contributed by atoms with Crippen LogP contribution in [0.15, 0.2) is 71.1 Å². The summed E-state index contributed by atoms with van der Waals surface area (Å²) in [6, 6.07) is 19.0. The van der Waals surface area contributed by atoms with Crippen molar-refractivity contribution in [2.75, 3.05) is 26.2 Å². The van der Waals surface area contributed by atoms with E-state index in [1.165, 1.54) is 12.1 Å². The third kappa shape index (κ3) is 7.51. The average Bonchev–Trinajstić information content (AvgIpc) is 3.53. The van der Waals surface area contributed by atoms with E-state index < -0.39 is 5.60 Å². The van der Waals surface area contributed by atoms with Gasteiger partial charge >= 0.3 is 6.09 Å².